The van der Waals surface area contributed by atoms with Crippen molar-refractivity contribution in [3.63, 3.8) is 0 Å². The van der Waals surface area contributed by atoms with Gasteiger partial charge >= 0.3 is 0 Å². The summed E-state index contributed by atoms with van der Waals surface area (Å²) in [6, 6.07) is 7.10. The Hall–Kier alpha value is -2.52. The Bertz CT molecular complexity index is 1020. The van der Waals surface area contributed by atoms with Crippen molar-refractivity contribution in [3.8, 4) is 5.75 Å². The minimum Gasteiger partial charge on any atom is -0.466 e. The SMILES string of the molecule is C[NH+](C)C1(c2nnnn2[C@H]([C@@H](Oc2ccc(Cl)cc2)n2cncn2)C(C)(C)C)CCCCC1. The van der Waals surface area contributed by atoms with E-state index in [-0.39, 0.29) is 17.0 Å². The van der Waals surface area contributed by atoms with E-state index in [0.29, 0.717) is 10.8 Å². The van der Waals surface area contributed by atoms with Gasteiger partial charge in [-0.3, -0.25) is 0 Å². The van der Waals surface area contributed by atoms with Crippen LogP contribution in [0.2, 0.25) is 5.02 Å². The maximum absolute atomic E-state index is 6.54. The molecule has 1 aliphatic rings. The third-order valence-electron chi connectivity index (χ3n) is 6.77. The minimum absolute atomic E-state index is 0.140. The summed E-state index contributed by atoms with van der Waals surface area (Å²) in [6.07, 6.45) is 8.38. The average Bonchev–Trinajstić information content (AvgIpc) is 3.47. The van der Waals surface area contributed by atoms with Crippen LogP contribution in [0, 0.1) is 5.41 Å². The van der Waals surface area contributed by atoms with Gasteiger partial charge in [0, 0.05) is 17.9 Å². The van der Waals surface area contributed by atoms with Gasteiger partial charge in [0.2, 0.25) is 12.1 Å². The lowest BCUT2D eigenvalue weighted by molar-refractivity contribution is -0.927. The van der Waals surface area contributed by atoms with Gasteiger partial charge in [-0.15, -0.1) is 5.10 Å². The molecule has 0 spiro atoms. The van der Waals surface area contributed by atoms with Crippen molar-refractivity contribution in [2.24, 2.45) is 5.41 Å². The van der Waals surface area contributed by atoms with E-state index in [1.807, 2.05) is 28.9 Å². The molecule has 0 radical (unpaired) electrons. The van der Waals surface area contributed by atoms with Crippen LogP contribution in [-0.4, -0.2) is 49.1 Å². The van der Waals surface area contributed by atoms with Crippen LogP contribution in [0.25, 0.3) is 0 Å². The van der Waals surface area contributed by atoms with Crippen molar-refractivity contribution >= 4 is 11.6 Å². The van der Waals surface area contributed by atoms with Gasteiger partial charge in [0.15, 0.2) is 5.54 Å². The molecule has 3 aromatic rings. The number of nitrogens with one attached hydrogen (secondary N) is 1. The van der Waals surface area contributed by atoms with Gasteiger partial charge in [-0.05, 0) is 52.9 Å². The zero-order valence-corrected chi connectivity index (χ0v) is 20.8. The monoisotopic (exact) mass is 473 g/mol. The number of nitrogens with zero attached hydrogens (tertiary/aromatic N) is 7. The first kappa shape index (κ1) is 23.6. The Kier molecular flexibility index (Phi) is 6.72. The van der Waals surface area contributed by atoms with Gasteiger partial charge in [0.25, 0.3) is 0 Å². The molecule has 2 heterocycles. The summed E-state index contributed by atoms with van der Waals surface area (Å²) in [4.78, 5) is 5.53. The van der Waals surface area contributed by atoms with E-state index in [1.54, 1.807) is 11.0 Å². The third-order valence-corrected chi connectivity index (χ3v) is 7.03. The summed E-state index contributed by atoms with van der Waals surface area (Å²) in [5.41, 5.74) is -0.400. The molecule has 0 aliphatic heterocycles. The lowest BCUT2D eigenvalue weighted by Crippen LogP contribution is -3.14. The average molecular weight is 474 g/mol. The van der Waals surface area contributed by atoms with Gasteiger partial charge in [0.1, 0.15) is 24.4 Å². The molecule has 0 saturated heterocycles. The number of ether oxygens (including phenoxy) is 1. The van der Waals surface area contributed by atoms with Crippen LogP contribution in [0.4, 0.5) is 0 Å². The number of benzene rings is 1. The molecule has 178 valence electrons. The zero-order chi connectivity index (χ0) is 23.6. The second-order valence-electron chi connectivity index (χ2n) is 10.2. The number of hydrogen-bond acceptors (Lipinski definition) is 6. The van der Waals surface area contributed by atoms with E-state index < -0.39 is 6.23 Å². The number of hydrogen-bond donors (Lipinski definition) is 1. The van der Waals surface area contributed by atoms with Gasteiger partial charge < -0.3 is 9.64 Å². The molecule has 2 aromatic heterocycles. The second-order valence-corrected chi connectivity index (χ2v) is 10.7. The first-order valence-electron chi connectivity index (χ1n) is 11.6. The van der Waals surface area contributed by atoms with Crippen molar-refractivity contribution in [2.75, 3.05) is 14.1 Å². The number of rotatable bonds is 7. The summed E-state index contributed by atoms with van der Waals surface area (Å²) >= 11 is 6.10. The second kappa shape index (κ2) is 9.38. The molecule has 0 bridgehead atoms. The molecule has 4 rings (SSSR count). The third kappa shape index (κ3) is 4.75. The van der Waals surface area contributed by atoms with Crippen molar-refractivity contribution in [1.82, 2.24) is 35.0 Å². The summed E-state index contributed by atoms with van der Waals surface area (Å²) < 4.78 is 10.3. The normalized spacial score (nSPS) is 18.3. The molecule has 33 heavy (non-hydrogen) atoms. The van der Waals surface area contributed by atoms with E-state index in [2.05, 4.69) is 60.5 Å². The summed E-state index contributed by atoms with van der Waals surface area (Å²) in [6.45, 7) is 6.52. The standard InChI is InChI=1S/C23H33ClN8O/c1-22(2,3)19(20(31-16-25-15-26-31)33-18-11-9-17(24)10-12-18)32-21(27-28-29-32)23(30(4)5)13-7-6-8-14-23/h9-12,15-16,19-20H,6-8,13-14H2,1-5H3/p+1/t19-,20-/m1/s1. The lowest BCUT2D eigenvalue weighted by atomic mass is 9.79. The van der Waals surface area contributed by atoms with Crippen molar-refractivity contribution in [2.45, 2.75) is 70.7 Å². The van der Waals surface area contributed by atoms with Crippen molar-refractivity contribution in [3.05, 3.63) is 47.8 Å². The number of tetrazole rings is 1. The topological polar surface area (TPSA) is 88.0 Å². The highest BCUT2D eigenvalue weighted by atomic mass is 35.5. The van der Waals surface area contributed by atoms with Gasteiger partial charge in [0.05, 0.1) is 14.1 Å². The largest absolute Gasteiger partial charge is 0.466 e. The molecule has 1 aliphatic carbocycles. The molecule has 10 heteroatoms. The quantitative estimate of drug-likeness (QED) is 0.567. The molecule has 1 fully saturated rings. The van der Waals surface area contributed by atoms with Crippen molar-refractivity contribution in [1.29, 1.82) is 0 Å². The first-order valence-corrected chi connectivity index (χ1v) is 12.0. The predicted octanol–water partition coefficient (Wildman–Crippen LogP) is 3.09. The van der Waals surface area contributed by atoms with E-state index in [4.69, 9.17) is 16.3 Å². The number of halogens is 1. The lowest BCUT2D eigenvalue weighted by Gasteiger charge is -2.42. The van der Waals surface area contributed by atoms with Crippen LogP contribution in [-0.2, 0) is 5.54 Å². The van der Waals surface area contributed by atoms with Crippen LogP contribution in [0.15, 0.2) is 36.9 Å². The molecular formula is C23H34ClN8O+. The van der Waals surface area contributed by atoms with Gasteiger partial charge in [-0.2, -0.15) is 5.10 Å². The Balaban J connectivity index is 1.83. The Morgan fingerprint density at radius 3 is 2.36 bits per heavy atom. The van der Waals surface area contributed by atoms with Crippen LogP contribution in [0.3, 0.4) is 0 Å². The molecule has 1 aromatic carbocycles. The molecule has 9 nitrogen and oxygen atoms in total. The van der Waals surface area contributed by atoms with Crippen molar-refractivity contribution < 1.29 is 9.64 Å². The Morgan fingerprint density at radius 2 is 1.79 bits per heavy atom. The Labute approximate surface area is 200 Å². The van der Waals surface area contributed by atoms with Crippen LogP contribution in [0.5, 0.6) is 5.75 Å². The van der Waals surface area contributed by atoms with Crippen LogP contribution >= 0.6 is 11.6 Å². The van der Waals surface area contributed by atoms with E-state index in [0.717, 1.165) is 18.7 Å². The summed E-state index contributed by atoms with van der Waals surface area (Å²) in [5, 5.41) is 18.4. The highest BCUT2D eigenvalue weighted by molar-refractivity contribution is 6.30. The highest BCUT2D eigenvalue weighted by Crippen LogP contribution is 2.43. The molecule has 0 amide bonds. The minimum atomic E-state index is -0.520. The first-order chi connectivity index (χ1) is 15.7. The maximum atomic E-state index is 6.54. The molecule has 0 unspecified atom stereocenters. The maximum Gasteiger partial charge on any atom is 0.215 e. The number of aromatic nitrogens is 7. The van der Waals surface area contributed by atoms with E-state index in [9.17, 15) is 0 Å². The van der Waals surface area contributed by atoms with Gasteiger partial charge in [-0.25, -0.2) is 14.3 Å². The summed E-state index contributed by atoms with van der Waals surface area (Å²) in [5.74, 6) is 1.60. The van der Waals surface area contributed by atoms with E-state index >= 15 is 0 Å². The van der Waals surface area contributed by atoms with Crippen LogP contribution < -0.4 is 9.64 Å². The number of quaternary nitrogens is 1. The fourth-order valence-corrected chi connectivity index (χ4v) is 5.10. The molecule has 1 saturated carbocycles. The van der Waals surface area contributed by atoms with Gasteiger partial charge in [-0.1, -0.05) is 38.8 Å². The highest BCUT2D eigenvalue weighted by Gasteiger charge is 2.49. The Morgan fingerprint density at radius 1 is 1.09 bits per heavy atom. The molecular weight excluding hydrogens is 440 g/mol. The summed E-state index contributed by atoms with van der Waals surface area (Å²) in [7, 11) is 4.41. The predicted molar refractivity (Wildman–Crippen MR) is 125 cm³/mol. The fourth-order valence-electron chi connectivity index (χ4n) is 4.98. The van der Waals surface area contributed by atoms with E-state index in [1.165, 1.54) is 30.5 Å². The molecule has 2 atom stereocenters. The zero-order valence-electron chi connectivity index (χ0n) is 20.1. The molecule has 1 N–H and O–H groups in total. The smallest absolute Gasteiger partial charge is 0.215 e. The van der Waals surface area contributed by atoms with Crippen LogP contribution in [0.1, 0.15) is 71.0 Å². The fraction of sp³-hybridized carbons (Fsp3) is 0.609.